The molecule has 128 valence electrons. The number of alkyl halides is 3. The SMILES string of the molecule is O=C(C[C@@](C[N+](=O)[O-])(c1ccc(Cl)cc1)C(F)(F)F)c1nccs1. The van der Waals surface area contributed by atoms with Crippen LogP contribution in [-0.4, -0.2) is 28.4 Å². The molecule has 10 heteroatoms. The van der Waals surface area contributed by atoms with Crippen molar-refractivity contribution in [3.63, 3.8) is 0 Å². The third-order valence-corrected chi connectivity index (χ3v) is 4.54. The van der Waals surface area contributed by atoms with Crippen molar-refractivity contribution >= 4 is 28.7 Å². The lowest BCUT2D eigenvalue weighted by molar-refractivity contribution is -0.501. The predicted molar refractivity (Wildman–Crippen MR) is 82.1 cm³/mol. The van der Waals surface area contributed by atoms with Gasteiger partial charge in [0, 0.05) is 27.9 Å². The van der Waals surface area contributed by atoms with E-state index in [1.807, 2.05) is 0 Å². The average molecular weight is 379 g/mol. The molecule has 0 fully saturated rings. The predicted octanol–water partition coefficient (Wildman–Crippen LogP) is 4.15. The van der Waals surface area contributed by atoms with Gasteiger partial charge < -0.3 is 0 Å². The Hall–Kier alpha value is -2.00. The summed E-state index contributed by atoms with van der Waals surface area (Å²) in [6, 6.07) is 4.50. The van der Waals surface area contributed by atoms with E-state index in [0.29, 0.717) is 0 Å². The van der Waals surface area contributed by atoms with Crippen LogP contribution in [0.3, 0.4) is 0 Å². The zero-order chi connectivity index (χ0) is 18.0. The minimum Gasteiger partial charge on any atom is -0.291 e. The Morgan fingerprint density at radius 2 is 1.92 bits per heavy atom. The second-order valence-electron chi connectivity index (χ2n) is 5.01. The molecule has 1 aromatic carbocycles. The van der Waals surface area contributed by atoms with Crippen LogP contribution in [0.5, 0.6) is 0 Å². The zero-order valence-corrected chi connectivity index (χ0v) is 13.5. The van der Waals surface area contributed by atoms with Crippen molar-refractivity contribution in [2.24, 2.45) is 0 Å². The van der Waals surface area contributed by atoms with Crippen LogP contribution in [0.2, 0.25) is 5.02 Å². The second-order valence-corrected chi connectivity index (χ2v) is 6.35. The Morgan fingerprint density at radius 3 is 2.38 bits per heavy atom. The molecule has 0 saturated heterocycles. The van der Waals surface area contributed by atoms with E-state index in [1.54, 1.807) is 0 Å². The molecule has 24 heavy (non-hydrogen) atoms. The summed E-state index contributed by atoms with van der Waals surface area (Å²) in [7, 11) is 0. The minimum absolute atomic E-state index is 0.124. The number of hydrogen-bond acceptors (Lipinski definition) is 5. The van der Waals surface area contributed by atoms with Crippen LogP contribution in [0.4, 0.5) is 13.2 Å². The van der Waals surface area contributed by atoms with Crippen LogP contribution >= 0.6 is 22.9 Å². The van der Waals surface area contributed by atoms with E-state index in [1.165, 1.54) is 23.7 Å². The summed E-state index contributed by atoms with van der Waals surface area (Å²) in [6.07, 6.45) is -4.84. The van der Waals surface area contributed by atoms with Crippen LogP contribution < -0.4 is 0 Å². The second kappa shape index (κ2) is 6.86. The first-order valence-electron chi connectivity index (χ1n) is 6.53. The standard InChI is InChI=1S/C14H10ClF3N2O3S/c15-10-3-1-9(2-4-10)13(8-20(22)23,14(16,17)18)7-11(21)12-19-5-6-24-12/h1-6H,7-8H2/t13-/m1/s1. The molecule has 0 aliphatic heterocycles. The minimum atomic E-state index is -5.01. The normalized spacial score (nSPS) is 14.2. The first kappa shape index (κ1) is 18.3. The van der Waals surface area contributed by atoms with Gasteiger partial charge in [-0.15, -0.1) is 11.3 Å². The van der Waals surface area contributed by atoms with E-state index in [2.05, 4.69) is 4.98 Å². The van der Waals surface area contributed by atoms with Crippen molar-refractivity contribution in [1.29, 1.82) is 0 Å². The molecule has 0 N–H and O–H groups in total. The number of ketones is 1. The fourth-order valence-corrected chi connectivity index (χ4v) is 3.00. The summed E-state index contributed by atoms with van der Waals surface area (Å²) in [5.74, 6) is -0.904. The number of aromatic nitrogens is 1. The van der Waals surface area contributed by atoms with E-state index in [9.17, 15) is 28.1 Å². The fourth-order valence-electron chi connectivity index (χ4n) is 2.30. The van der Waals surface area contributed by atoms with Gasteiger partial charge in [0.2, 0.25) is 6.54 Å². The van der Waals surface area contributed by atoms with Gasteiger partial charge in [0.15, 0.2) is 16.2 Å². The van der Waals surface area contributed by atoms with Gasteiger partial charge in [0.25, 0.3) is 0 Å². The third-order valence-electron chi connectivity index (χ3n) is 3.47. The Bertz CT molecular complexity index is 735. The number of carbonyl (C=O) groups is 1. The van der Waals surface area contributed by atoms with Gasteiger partial charge >= 0.3 is 6.18 Å². The Labute approximate surface area is 143 Å². The largest absolute Gasteiger partial charge is 0.405 e. The van der Waals surface area contributed by atoms with E-state index in [0.717, 1.165) is 23.5 Å². The zero-order valence-electron chi connectivity index (χ0n) is 11.9. The molecule has 0 spiro atoms. The van der Waals surface area contributed by atoms with Gasteiger partial charge in [-0.2, -0.15) is 13.2 Å². The molecule has 0 unspecified atom stereocenters. The number of halogens is 4. The van der Waals surface area contributed by atoms with E-state index >= 15 is 0 Å². The van der Waals surface area contributed by atoms with Gasteiger partial charge in [-0.25, -0.2) is 4.98 Å². The highest BCUT2D eigenvalue weighted by Gasteiger charge is 2.60. The molecular formula is C14H10ClF3N2O3S. The number of nitrogens with zero attached hydrogens (tertiary/aromatic N) is 2. The van der Waals surface area contributed by atoms with Crippen molar-refractivity contribution in [3.05, 3.63) is 61.6 Å². The number of carbonyl (C=O) groups excluding carboxylic acids is 1. The van der Waals surface area contributed by atoms with Crippen LogP contribution in [-0.2, 0) is 5.41 Å². The van der Waals surface area contributed by atoms with Gasteiger partial charge in [-0.05, 0) is 17.7 Å². The maximum absolute atomic E-state index is 13.8. The Morgan fingerprint density at radius 1 is 1.29 bits per heavy atom. The number of thiazole rings is 1. The van der Waals surface area contributed by atoms with Crippen molar-refractivity contribution in [2.45, 2.75) is 18.0 Å². The molecule has 1 aromatic heterocycles. The third kappa shape index (κ3) is 3.73. The molecule has 1 atom stereocenters. The highest BCUT2D eigenvalue weighted by atomic mass is 35.5. The average Bonchev–Trinajstić information content (AvgIpc) is 2.99. The number of Topliss-reactive ketones (excluding diaryl/α,β-unsaturated/α-hetero) is 1. The smallest absolute Gasteiger partial charge is 0.291 e. The van der Waals surface area contributed by atoms with Gasteiger partial charge in [-0.3, -0.25) is 14.9 Å². The van der Waals surface area contributed by atoms with E-state index < -0.39 is 35.3 Å². The van der Waals surface area contributed by atoms with Crippen LogP contribution in [0.1, 0.15) is 21.8 Å². The quantitative estimate of drug-likeness (QED) is 0.430. The topological polar surface area (TPSA) is 73.1 Å². The Balaban J connectivity index is 2.55. The fraction of sp³-hybridized carbons (Fsp3) is 0.286. The van der Waals surface area contributed by atoms with E-state index in [-0.39, 0.29) is 15.6 Å². The van der Waals surface area contributed by atoms with Crippen molar-refractivity contribution in [1.82, 2.24) is 4.98 Å². The highest BCUT2D eigenvalue weighted by molar-refractivity contribution is 7.11. The molecule has 0 radical (unpaired) electrons. The molecule has 1 heterocycles. The molecule has 0 aliphatic carbocycles. The van der Waals surface area contributed by atoms with Crippen molar-refractivity contribution < 1.29 is 22.9 Å². The summed E-state index contributed by atoms with van der Waals surface area (Å²) in [6.45, 7) is -1.46. The maximum Gasteiger partial charge on any atom is 0.405 e. The molecule has 5 nitrogen and oxygen atoms in total. The highest BCUT2D eigenvalue weighted by Crippen LogP contribution is 2.45. The van der Waals surface area contributed by atoms with Gasteiger partial charge in [0.1, 0.15) is 0 Å². The number of nitro groups is 1. The molecule has 0 bridgehead atoms. The lowest BCUT2D eigenvalue weighted by Crippen LogP contribution is -2.49. The maximum atomic E-state index is 13.8. The summed E-state index contributed by atoms with van der Waals surface area (Å²) < 4.78 is 41.5. The van der Waals surface area contributed by atoms with Gasteiger partial charge in [-0.1, -0.05) is 23.7 Å². The first-order valence-corrected chi connectivity index (χ1v) is 7.79. The summed E-state index contributed by atoms with van der Waals surface area (Å²) in [4.78, 5) is 25.7. The van der Waals surface area contributed by atoms with Crippen molar-refractivity contribution in [3.8, 4) is 0 Å². The summed E-state index contributed by atoms with van der Waals surface area (Å²) >= 11 is 6.56. The number of rotatable bonds is 6. The van der Waals surface area contributed by atoms with Crippen LogP contribution in [0.25, 0.3) is 0 Å². The first-order chi connectivity index (χ1) is 11.2. The number of hydrogen-bond donors (Lipinski definition) is 0. The van der Waals surface area contributed by atoms with Crippen LogP contribution in [0.15, 0.2) is 35.8 Å². The lowest BCUT2D eigenvalue weighted by Gasteiger charge is -2.32. The van der Waals surface area contributed by atoms with Gasteiger partial charge in [0.05, 0.1) is 0 Å². The molecule has 2 rings (SSSR count). The lowest BCUT2D eigenvalue weighted by atomic mass is 9.75. The molecule has 0 saturated carbocycles. The summed E-state index contributed by atoms with van der Waals surface area (Å²) in [5, 5.41) is 12.4. The molecular weight excluding hydrogens is 369 g/mol. The van der Waals surface area contributed by atoms with Crippen LogP contribution in [0, 0.1) is 10.1 Å². The monoisotopic (exact) mass is 378 g/mol. The molecule has 0 aliphatic rings. The number of benzene rings is 1. The molecule has 0 amide bonds. The molecule has 2 aromatic rings. The van der Waals surface area contributed by atoms with E-state index in [4.69, 9.17) is 11.6 Å². The Kier molecular flexibility index (Phi) is 5.24. The van der Waals surface area contributed by atoms with Crippen molar-refractivity contribution in [2.75, 3.05) is 6.54 Å². The summed E-state index contributed by atoms with van der Waals surface area (Å²) in [5.41, 5.74) is -3.34.